The Bertz CT molecular complexity index is 1050. The highest BCUT2D eigenvalue weighted by Crippen LogP contribution is 2.37. The maximum Gasteiger partial charge on any atom is 0.262 e. The first-order valence-electron chi connectivity index (χ1n) is 10.5. The third-order valence-corrected chi connectivity index (χ3v) is 5.84. The van der Waals surface area contributed by atoms with Crippen LogP contribution in [0.5, 0.6) is 11.5 Å². The van der Waals surface area contributed by atoms with Crippen molar-refractivity contribution in [1.82, 2.24) is 9.97 Å². The van der Waals surface area contributed by atoms with Crippen molar-refractivity contribution < 1.29 is 9.47 Å². The van der Waals surface area contributed by atoms with Gasteiger partial charge in [-0.15, -0.1) is 0 Å². The third-order valence-electron chi connectivity index (χ3n) is 5.56. The van der Waals surface area contributed by atoms with Gasteiger partial charge >= 0.3 is 0 Å². The van der Waals surface area contributed by atoms with Crippen molar-refractivity contribution in [3.05, 3.63) is 54.1 Å². The number of hydrogen-bond donors (Lipinski definition) is 2. The topological polar surface area (TPSA) is 84.2 Å². The standard InChI is InChI=1S/C23H29ClN2O4/c1-15-25-22(27)18(23(28)26-15)12-17-13-19(24)21(20(14-17)29-2)30-11-7-6-10-16-8-4-3-5-9-16/h12-14,16H,1,3-11H2,2H3,(H,25,27)(H,26,28). The number of rotatable bonds is 8. The van der Waals surface area contributed by atoms with Crippen molar-refractivity contribution in [2.75, 3.05) is 13.7 Å². The smallest absolute Gasteiger partial charge is 0.262 e. The Hall–Kier alpha value is -2.47. The summed E-state index contributed by atoms with van der Waals surface area (Å²) in [5.41, 5.74) is -0.312. The van der Waals surface area contributed by atoms with Crippen molar-refractivity contribution in [3.63, 3.8) is 0 Å². The normalized spacial score (nSPS) is 14.5. The number of aromatic nitrogens is 2. The van der Waals surface area contributed by atoms with Crippen LogP contribution in [0, 0.1) is 5.92 Å². The van der Waals surface area contributed by atoms with Gasteiger partial charge in [0.25, 0.3) is 11.1 Å². The van der Waals surface area contributed by atoms with E-state index in [-0.39, 0.29) is 10.7 Å². The van der Waals surface area contributed by atoms with E-state index < -0.39 is 11.1 Å². The molecule has 1 aliphatic carbocycles. The lowest BCUT2D eigenvalue weighted by molar-refractivity contribution is 0.272. The van der Waals surface area contributed by atoms with Gasteiger partial charge in [0, 0.05) is 0 Å². The summed E-state index contributed by atoms with van der Waals surface area (Å²) in [5.74, 6) is 1.81. The highest BCUT2D eigenvalue weighted by atomic mass is 35.5. The Morgan fingerprint density at radius 3 is 2.50 bits per heavy atom. The van der Waals surface area contributed by atoms with E-state index in [4.69, 9.17) is 21.1 Å². The lowest BCUT2D eigenvalue weighted by atomic mass is 9.86. The zero-order valence-corrected chi connectivity index (χ0v) is 18.1. The largest absolute Gasteiger partial charge is 0.493 e. The predicted molar refractivity (Wildman–Crippen MR) is 120 cm³/mol. The number of nitrogens with one attached hydrogen (secondary N) is 2. The molecule has 0 spiro atoms. The summed E-state index contributed by atoms with van der Waals surface area (Å²) >= 11 is 6.41. The van der Waals surface area contributed by atoms with Crippen LogP contribution in [-0.4, -0.2) is 23.7 Å². The summed E-state index contributed by atoms with van der Waals surface area (Å²) in [6, 6.07) is 3.35. The Morgan fingerprint density at radius 1 is 1.13 bits per heavy atom. The number of halogens is 1. The SMILES string of the molecule is C=c1[nH]c(=O)c(=Cc2cc(Cl)c(OCCCCC3CCCCC3)c(OC)c2)c(=O)[nH]1. The number of benzene rings is 1. The van der Waals surface area contributed by atoms with Crippen molar-refractivity contribution in [2.45, 2.75) is 51.4 Å². The molecule has 1 heterocycles. The van der Waals surface area contributed by atoms with Gasteiger partial charge in [-0.25, -0.2) is 0 Å². The number of hydrogen-bond acceptors (Lipinski definition) is 4. The second-order valence-electron chi connectivity index (χ2n) is 7.83. The van der Waals surface area contributed by atoms with E-state index in [0.29, 0.717) is 28.7 Å². The molecule has 7 heteroatoms. The molecule has 1 saturated carbocycles. The number of H-pyrrole nitrogens is 2. The van der Waals surface area contributed by atoms with Gasteiger partial charge in [-0.1, -0.05) is 56.7 Å². The summed E-state index contributed by atoms with van der Waals surface area (Å²) in [6.45, 7) is 4.09. The molecule has 1 aliphatic rings. The summed E-state index contributed by atoms with van der Waals surface area (Å²) < 4.78 is 11.3. The molecule has 2 N–H and O–H groups in total. The summed E-state index contributed by atoms with van der Waals surface area (Å²) in [7, 11) is 1.53. The Morgan fingerprint density at radius 2 is 1.83 bits per heavy atom. The molecule has 162 valence electrons. The van der Waals surface area contributed by atoms with E-state index in [2.05, 4.69) is 16.5 Å². The fraction of sp³-hybridized carbons (Fsp3) is 0.478. The molecule has 0 amide bonds. The molecular formula is C23H29ClN2O4. The maximum absolute atomic E-state index is 12.1. The van der Waals surface area contributed by atoms with E-state index in [0.717, 1.165) is 18.8 Å². The minimum absolute atomic E-state index is 0.0306. The van der Waals surface area contributed by atoms with Crippen LogP contribution in [0.4, 0.5) is 0 Å². The van der Waals surface area contributed by atoms with Crippen molar-refractivity contribution in [3.8, 4) is 11.5 Å². The molecule has 0 aliphatic heterocycles. The highest BCUT2D eigenvalue weighted by Gasteiger charge is 2.14. The molecule has 0 radical (unpaired) electrons. The number of unbranched alkanes of at least 4 members (excludes halogenated alkanes) is 1. The monoisotopic (exact) mass is 432 g/mol. The lowest BCUT2D eigenvalue weighted by Crippen LogP contribution is -2.47. The maximum atomic E-state index is 12.1. The van der Waals surface area contributed by atoms with Crippen LogP contribution in [0.2, 0.25) is 5.02 Å². The quantitative estimate of drug-likeness (QED) is 0.628. The number of methoxy groups -OCH3 is 1. The van der Waals surface area contributed by atoms with E-state index in [1.165, 1.54) is 51.7 Å². The third kappa shape index (κ3) is 5.79. The van der Waals surface area contributed by atoms with Gasteiger partial charge in [-0.05, 0) is 42.5 Å². The van der Waals surface area contributed by atoms with E-state index in [9.17, 15) is 9.59 Å². The van der Waals surface area contributed by atoms with Crippen molar-refractivity contribution >= 4 is 24.3 Å². The second-order valence-corrected chi connectivity index (χ2v) is 8.23. The fourth-order valence-corrected chi connectivity index (χ4v) is 4.26. The summed E-state index contributed by atoms with van der Waals surface area (Å²) in [5, 5.41) is 0.339. The molecule has 1 fully saturated rings. The molecule has 0 atom stereocenters. The van der Waals surface area contributed by atoms with Gasteiger partial charge in [0.15, 0.2) is 11.5 Å². The van der Waals surface area contributed by atoms with Crippen LogP contribution in [0.3, 0.4) is 0 Å². The zero-order valence-electron chi connectivity index (χ0n) is 17.4. The van der Waals surface area contributed by atoms with Crippen LogP contribution in [0.25, 0.3) is 12.7 Å². The van der Waals surface area contributed by atoms with Crippen LogP contribution < -0.4 is 31.3 Å². The van der Waals surface area contributed by atoms with Crippen LogP contribution >= 0.6 is 11.6 Å². The van der Waals surface area contributed by atoms with Gasteiger partial charge in [-0.3, -0.25) is 9.59 Å². The number of aromatic amines is 2. The first-order chi connectivity index (χ1) is 14.5. The fourth-order valence-electron chi connectivity index (χ4n) is 3.99. The Balaban J connectivity index is 1.68. The van der Waals surface area contributed by atoms with Gasteiger partial charge in [0.1, 0.15) is 10.7 Å². The minimum atomic E-state index is -0.517. The first-order valence-corrected chi connectivity index (χ1v) is 10.9. The van der Waals surface area contributed by atoms with E-state index in [1.807, 2.05) is 0 Å². The van der Waals surface area contributed by atoms with Crippen molar-refractivity contribution in [2.24, 2.45) is 5.92 Å². The molecule has 0 unspecified atom stereocenters. The van der Waals surface area contributed by atoms with Crippen LogP contribution in [0.15, 0.2) is 21.7 Å². The zero-order chi connectivity index (χ0) is 21.5. The van der Waals surface area contributed by atoms with Crippen LogP contribution in [-0.2, 0) is 0 Å². The van der Waals surface area contributed by atoms with Gasteiger partial charge in [0.2, 0.25) is 0 Å². The first kappa shape index (κ1) is 22.2. The molecule has 1 aromatic heterocycles. The van der Waals surface area contributed by atoms with E-state index in [1.54, 1.807) is 12.1 Å². The van der Waals surface area contributed by atoms with Gasteiger partial charge in [-0.2, -0.15) is 0 Å². The number of ether oxygens (including phenoxy) is 2. The van der Waals surface area contributed by atoms with Gasteiger partial charge in [0.05, 0.1) is 18.7 Å². The lowest BCUT2D eigenvalue weighted by Gasteiger charge is -2.21. The highest BCUT2D eigenvalue weighted by molar-refractivity contribution is 6.32. The molecule has 0 bridgehead atoms. The molecule has 6 nitrogen and oxygen atoms in total. The molecule has 2 aromatic rings. The average molecular weight is 433 g/mol. The van der Waals surface area contributed by atoms with Gasteiger partial charge < -0.3 is 19.4 Å². The minimum Gasteiger partial charge on any atom is -0.493 e. The Labute approximate surface area is 180 Å². The predicted octanol–water partition coefficient (Wildman–Crippen LogP) is 3.09. The molecular weight excluding hydrogens is 404 g/mol. The molecule has 30 heavy (non-hydrogen) atoms. The van der Waals surface area contributed by atoms with Crippen LogP contribution in [0.1, 0.15) is 56.9 Å². The Kier molecular flexibility index (Phi) is 7.80. The molecule has 1 aromatic carbocycles. The molecule has 3 rings (SSSR count). The van der Waals surface area contributed by atoms with E-state index >= 15 is 0 Å². The summed E-state index contributed by atoms with van der Waals surface area (Å²) in [4.78, 5) is 29.1. The summed E-state index contributed by atoms with van der Waals surface area (Å²) in [6.07, 6.45) is 11.7. The second kappa shape index (κ2) is 10.5. The van der Waals surface area contributed by atoms with Crippen molar-refractivity contribution in [1.29, 1.82) is 0 Å². The molecule has 0 saturated heterocycles. The average Bonchev–Trinajstić information content (AvgIpc) is 2.72.